The van der Waals surface area contributed by atoms with Crippen molar-refractivity contribution in [3.05, 3.63) is 65.6 Å². The average Bonchev–Trinajstić information content (AvgIpc) is 3.01. The number of aromatic amines is 1. The van der Waals surface area contributed by atoms with E-state index in [1.54, 1.807) is 0 Å². The number of nitrogens with zero attached hydrogens (tertiary/aromatic N) is 2. The summed E-state index contributed by atoms with van der Waals surface area (Å²) in [5, 5.41) is 1.07. The molecular weight excluding hydrogens is 262 g/mol. The molecule has 1 aromatic carbocycles. The highest BCUT2D eigenvalue weighted by Crippen LogP contribution is 2.20. The van der Waals surface area contributed by atoms with Crippen LogP contribution in [0.5, 0.6) is 0 Å². The smallest absolute Gasteiger partial charge is 0.254 e. The van der Waals surface area contributed by atoms with Crippen molar-refractivity contribution in [1.29, 1.82) is 0 Å². The van der Waals surface area contributed by atoms with Gasteiger partial charge in [-0.15, -0.1) is 0 Å². The molecule has 3 aromatic rings. The van der Waals surface area contributed by atoms with Crippen LogP contribution in [-0.4, -0.2) is 27.3 Å². The Morgan fingerprint density at radius 2 is 2.19 bits per heavy atom. The van der Waals surface area contributed by atoms with Gasteiger partial charge in [0, 0.05) is 54.1 Å². The third-order valence-corrected chi connectivity index (χ3v) is 4.05. The number of H-pyrrole nitrogens is 1. The Morgan fingerprint density at radius 1 is 1.24 bits per heavy atom. The van der Waals surface area contributed by atoms with Gasteiger partial charge in [0.1, 0.15) is 0 Å². The van der Waals surface area contributed by atoms with E-state index in [0.717, 1.165) is 40.7 Å². The topological polar surface area (TPSA) is 49.0 Å². The predicted molar refractivity (Wildman–Crippen MR) is 81.0 cm³/mol. The Bertz CT molecular complexity index is 822. The summed E-state index contributed by atoms with van der Waals surface area (Å²) in [5.41, 5.74) is 4.07. The molecule has 0 atom stereocenters. The van der Waals surface area contributed by atoms with E-state index in [2.05, 4.69) is 16.0 Å². The number of aromatic nitrogens is 2. The fourth-order valence-electron chi connectivity index (χ4n) is 2.91. The molecule has 1 amide bonds. The summed E-state index contributed by atoms with van der Waals surface area (Å²) in [6, 6.07) is 11.8. The maximum atomic E-state index is 12.7. The van der Waals surface area contributed by atoms with Gasteiger partial charge in [-0.3, -0.25) is 9.78 Å². The summed E-state index contributed by atoms with van der Waals surface area (Å²) < 4.78 is 0. The lowest BCUT2D eigenvalue weighted by Crippen LogP contribution is -2.36. The summed E-state index contributed by atoms with van der Waals surface area (Å²) in [4.78, 5) is 22.1. The Balaban J connectivity index is 1.63. The van der Waals surface area contributed by atoms with Crippen LogP contribution in [-0.2, 0) is 13.0 Å². The van der Waals surface area contributed by atoms with Crippen LogP contribution in [0.15, 0.2) is 48.8 Å². The van der Waals surface area contributed by atoms with Crippen molar-refractivity contribution in [2.75, 3.05) is 6.54 Å². The third kappa shape index (κ3) is 2.09. The third-order valence-electron chi connectivity index (χ3n) is 4.05. The molecule has 1 aliphatic rings. The molecule has 0 aliphatic carbocycles. The van der Waals surface area contributed by atoms with Crippen LogP contribution in [0.3, 0.4) is 0 Å². The molecule has 21 heavy (non-hydrogen) atoms. The molecule has 1 aliphatic heterocycles. The van der Waals surface area contributed by atoms with E-state index in [0.29, 0.717) is 6.54 Å². The monoisotopic (exact) mass is 277 g/mol. The summed E-state index contributed by atoms with van der Waals surface area (Å²) in [7, 11) is 0. The van der Waals surface area contributed by atoms with Gasteiger partial charge < -0.3 is 9.88 Å². The molecule has 4 heteroatoms. The zero-order valence-electron chi connectivity index (χ0n) is 11.5. The molecule has 0 bridgehead atoms. The number of carbonyl (C=O) groups is 1. The van der Waals surface area contributed by atoms with Crippen LogP contribution < -0.4 is 0 Å². The molecular formula is C17H15N3O. The van der Waals surface area contributed by atoms with Gasteiger partial charge >= 0.3 is 0 Å². The highest BCUT2D eigenvalue weighted by Gasteiger charge is 2.22. The van der Waals surface area contributed by atoms with Gasteiger partial charge in [-0.1, -0.05) is 6.07 Å². The first-order valence-corrected chi connectivity index (χ1v) is 7.10. The van der Waals surface area contributed by atoms with E-state index in [-0.39, 0.29) is 5.91 Å². The zero-order chi connectivity index (χ0) is 14.2. The van der Waals surface area contributed by atoms with Crippen LogP contribution in [0.4, 0.5) is 0 Å². The Kier molecular flexibility index (Phi) is 2.74. The standard InChI is InChI=1S/C17H15N3O/c21-17(13-3-4-15-12(10-13)5-8-19-15)20-9-6-16-14(11-20)2-1-7-18-16/h1-5,7-8,10,19H,6,9,11H2. The van der Waals surface area contributed by atoms with Crippen LogP contribution in [0, 0.1) is 0 Å². The number of nitrogens with one attached hydrogen (secondary N) is 1. The lowest BCUT2D eigenvalue weighted by Gasteiger charge is -2.28. The largest absolute Gasteiger partial charge is 0.361 e. The molecule has 0 unspecified atom stereocenters. The molecule has 0 saturated heterocycles. The molecule has 0 saturated carbocycles. The quantitative estimate of drug-likeness (QED) is 0.743. The number of amides is 1. The molecule has 1 N–H and O–H groups in total. The van der Waals surface area contributed by atoms with Crippen LogP contribution in [0.1, 0.15) is 21.6 Å². The molecule has 4 rings (SSSR count). The average molecular weight is 277 g/mol. The minimum atomic E-state index is 0.0904. The van der Waals surface area contributed by atoms with Gasteiger partial charge in [0.2, 0.25) is 0 Å². The molecule has 4 nitrogen and oxygen atoms in total. The number of fused-ring (bicyclic) bond motifs is 2. The highest BCUT2D eigenvalue weighted by molar-refractivity contribution is 5.98. The number of hydrogen-bond acceptors (Lipinski definition) is 2. The SMILES string of the molecule is O=C(c1ccc2[nH]ccc2c1)N1CCc2ncccc2C1. The summed E-state index contributed by atoms with van der Waals surface area (Å²) >= 11 is 0. The Labute approximate surface area is 122 Å². The van der Waals surface area contributed by atoms with E-state index in [9.17, 15) is 4.79 Å². The Hall–Kier alpha value is -2.62. The number of pyridine rings is 1. The van der Waals surface area contributed by atoms with Crippen molar-refractivity contribution in [3.8, 4) is 0 Å². The minimum absolute atomic E-state index is 0.0904. The van der Waals surface area contributed by atoms with E-state index in [1.165, 1.54) is 0 Å². The molecule has 2 aromatic heterocycles. The van der Waals surface area contributed by atoms with Gasteiger partial charge in [-0.05, 0) is 35.9 Å². The van der Waals surface area contributed by atoms with E-state index in [1.807, 2.05) is 47.6 Å². The summed E-state index contributed by atoms with van der Waals surface area (Å²) in [5.74, 6) is 0.0904. The molecule has 3 heterocycles. The first kappa shape index (κ1) is 12.1. The Morgan fingerprint density at radius 3 is 3.14 bits per heavy atom. The molecule has 0 fully saturated rings. The maximum absolute atomic E-state index is 12.7. The predicted octanol–water partition coefficient (Wildman–Crippen LogP) is 2.76. The van der Waals surface area contributed by atoms with E-state index >= 15 is 0 Å². The normalized spacial score (nSPS) is 14.2. The van der Waals surface area contributed by atoms with Gasteiger partial charge in [0.05, 0.1) is 0 Å². The lowest BCUT2D eigenvalue weighted by atomic mass is 10.0. The minimum Gasteiger partial charge on any atom is -0.361 e. The van der Waals surface area contributed by atoms with Gasteiger partial charge in [-0.2, -0.15) is 0 Å². The van der Waals surface area contributed by atoms with Crippen molar-refractivity contribution in [2.45, 2.75) is 13.0 Å². The second kappa shape index (κ2) is 4.74. The van der Waals surface area contributed by atoms with Crippen molar-refractivity contribution in [1.82, 2.24) is 14.9 Å². The van der Waals surface area contributed by atoms with Crippen molar-refractivity contribution in [3.63, 3.8) is 0 Å². The molecule has 0 radical (unpaired) electrons. The molecule has 104 valence electrons. The second-order valence-electron chi connectivity index (χ2n) is 5.37. The van der Waals surface area contributed by atoms with Crippen molar-refractivity contribution >= 4 is 16.8 Å². The van der Waals surface area contributed by atoms with Crippen LogP contribution >= 0.6 is 0 Å². The number of rotatable bonds is 1. The van der Waals surface area contributed by atoms with E-state index < -0.39 is 0 Å². The fourth-order valence-corrected chi connectivity index (χ4v) is 2.91. The van der Waals surface area contributed by atoms with E-state index in [4.69, 9.17) is 0 Å². The lowest BCUT2D eigenvalue weighted by molar-refractivity contribution is 0.0733. The van der Waals surface area contributed by atoms with Crippen LogP contribution in [0.25, 0.3) is 10.9 Å². The first-order chi connectivity index (χ1) is 10.3. The number of benzene rings is 1. The fraction of sp³-hybridized carbons (Fsp3) is 0.176. The second-order valence-corrected chi connectivity index (χ2v) is 5.37. The van der Waals surface area contributed by atoms with Crippen LogP contribution in [0.2, 0.25) is 0 Å². The highest BCUT2D eigenvalue weighted by atomic mass is 16.2. The van der Waals surface area contributed by atoms with Crippen molar-refractivity contribution in [2.24, 2.45) is 0 Å². The zero-order valence-corrected chi connectivity index (χ0v) is 11.5. The maximum Gasteiger partial charge on any atom is 0.254 e. The summed E-state index contributed by atoms with van der Waals surface area (Å²) in [6.45, 7) is 1.38. The van der Waals surface area contributed by atoms with Gasteiger partial charge in [-0.25, -0.2) is 0 Å². The van der Waals surface area contributed by atoms with Gasteiger partial charge in [0.25, 0.3) is 5.91 Å². The molecule has 0 spiro atoms. The first-order valence-electron chi connectivity index (χ1n) is 7.10. The van der Waals surface area contributed by atoms with Gasteiger partial charge in [0.15, 0.2) is 0 Å². The number of hydrogen-bond donors (Lipinski definition) is 1. The summed E-state index contributed by atoms with van der Waals surface area (Å²) in [6.07, 6.45) is 4.53. The van der Waals surface area contributed by atoms with Crippen molar-refractivity contribution < 1.29 is 4.79 Å². The number of carbonyl (C=O) groups excluding carboxylic acids is 1.